The summed E-state index contributed by atoms with van der Waals surface area (Å²) in [5, 5.41) is 4.62. The summed E-state index contributed by atoms with van der Waals surface area (Å²) in [5.74, 6) is 1.48. The number of hydrogen-bond acceptors (Lipinski definition) is 1. The highest BCUT2D eigenvalue weighted by Gasteiger charge is 2.51. The Hall–Kier alpha value is -5.67. The van der Waals surface area contributed by atoms with Gasteiger partial charge in [0.05, 0.1) is 16.4 Å². The van der Waals surface area contributed by atoms with Crippen LogP contribution in [-0.2, 0) is 5.41 Å². The van der Waals surface area contributed by atoms with Crippen molar-refractivity contribution in [2.45, 2.75) is 5.41 Å². The van der Waals surface area contributed by atoms with Crippen LogP contribution in [0, 0.1) is 5.82 Å². The predicted octanol–water partition coefficient (Wildman–Crippen LogP) is 10.5. The van der Waals surface area contributed by atoms with Crippen molar-refractivity contribution in [3.8, 4) is 28.3 Å². The molecular weight excluding hydrogens is 541 g/mol. The first-order chi connectivity index (χ1) is 21.7. The first kappa shape index (κ1) is 23.8. The lowest BCUT2D eigenvalue weighted by Gasteiger charge is -2.39. The molecule has 8 aromatic rings. The molecule has 44 heavy (non-hydrogen) atoms. The van der Waals surface area contributed by atoms with E-state index in [2.05, 4.69) is 126 Å². The zero-order valence-corrected chi connectivity index (χ0v) is 23.6. The highest BCUT2D eigenvalue weighted by molar-refractivity contribution is 6.22. The second-order valence-electron chi connectivity index (χ2n) is 11.8. The lowest BCUT2D eigenvalue weighted by molar-refractivity contribution is 0.437. The number of ether oxygens (including phenoxy) is 1. The number of fused-ring (bicyclic) bond motifs is 14. The second kappa shape index (κ2) is 8.46. The smallest absolute Gasteiger partial charge is 0.133 e. The molecular formula is C41H24FNO. The first-order valence-corrected chi connectivity index (χ1v) is 15.0. The molecule has 2 aliphatic rings. The topological polar surface area (TPSA) is 14.2 Å². The summed E-state index contributed by atoms with van der Waals surface area (Å²) in [6, 6.07) is 50.3. The maximum Gasteiger partial charge on any atom is 0.133 e. The van der Waals surface area contributed by atoms with Crippen LogP contribution < -0.4 is 4.74 Å². The van der Waals surface area contributed by atoms with Crippen LogP contribution in [0.4, 0.5) is 4.39 Å². The van der Waals surface area contributed by atoms with Gasteiger partial charge in [-0.05, 0) is 81.6 Å². The molecule has 0 saturated heterocycles. The van der Waals surface area contributed by atoms with Gasteiger partial charge in [-0.15, -0.1) is 0 Å². The molecule has 0 fully saturated rings. The molecule has 0 bridgehead atoms. The van der Waals surface area contributed by atoms with Gasteiger partial charge in [0.1, 0.15) is 17.3 Å². The number of nitrogens with zero attached hydrogens (tertiary/aromatic N) is 1. The lowest BCUT2D eigenvalue weighted by atomic mass is 9.66. The van der Waals surface area contributed by atoms with Gasteiger partial charge >= 0.3 is 0 Å². The number of para-hydroxylation sites is 1. The molecule has 206 valence electrons. The van der Waals surface area contributed by atoms with E-state index in [0.717, 1.165) is 50.1 Å². The molecule has 0 saturated carbocycles. The van der Waals surface area contributed by atoms with Gasteiger partial charge < -0.3 is 9.30 Å². The second-order valence-corrected chi connectivity index (χ2v) is 11.8. The van der Waals surface area contributed by atoms with Crippen LogP contribution in [0.5, 0.6) is 11.5 Å². The van der Waals surface area contributed by atoms with Gasteiger partial charge in [0.15, 0.2) is 0 Å². The van der Waals surface area contributed by atoms with Gasteiger partial charge in [-0.25, -0.2) is 4.39 Å². The van der Waals surface area contributed by atoms with Gasteiger partial charge in [-0.2, -0.15) is 0 Å². The largest absolute Gasteiger partial charge is 0.457 e. The predicted molar refractivity (Wildman–Crippen MR) is 176 cm³/mol. The highest BCUT2D eigenvalue weighted by atomic mass is 19.1. The molecule has 0 atom stereocenters. The Morgan fingerprint density at radius 1 is 0.500 bits per heavy atom. The number of hydrogen-bond donors (Lipinski definition) is 0. The van der Waals surface area contributed by atoms with Crippen molar-refractivity contribution >= 4 is 32.6 Å². The molecule has 1 spiro atoms. The summed E-state index contributed by atoms with van der Waals surface area (Å²) < 4.78 is 23.3. The minimum atomic E-state index is -0.558. The van der Waals surface area contributed by atoms with E-state index in [4.69, 9.17) is 4.74 Å². The number of halogens is 1. The molecule has 3 heteroatoms. The van der Waals surface area contributed by atoms with Gasteiger partial charge in [-0.1, -0.05) is 97.1 Å². The molecule has 0 unspecified atom stereocenters. The van der Waals surface area contributed by atoms with Crippen LogP contribution >= 0.6 is 0 Å². The average Bonchev–Trinajstić information content (AvgIpc) is 3.55. The summed E-state index contributed by atoms with van der Waals surface area (Å²) >= 11 is 0. The van der Waals surface area contributed by atoms with Crippen LogP contribution in [0.15, 0.2) is 146 Å². The van der Waals surface area contributed by atoms with E-state index < -0.39 is 5.41 Å². The normalized spacial score (nSPS) is 13.9. The van der Waals surface area contributed by atoms with Crippen LogP contribution in [0.1, 0.15) is 22.3 Å². The average molecular weight is 566 g/mol. The fourth-order valence-corrected chi connectivity index (χ4v) is 8.00. The number of aromatic nitrogens is 1. The van der Waals surface area contributed by atoms with Crippen molar-refractivity contribution in [3.05, 3.63) is 174 Å². The quantitative estimate of drug-likeness (QED) is 0.193. The van der Waals surface area contributed by atoms with Crippen molar-refractivity contribution in [1.82, 2.24) is 4.57 Å². The molecule has 7 aromatic carbocycles. The van der Waals surface area contributed by atoms with Gasteiger partial charge in [0, 0.05) is 27.6 Å². The van der Waals surface area contributed by atoms with E-state index in [1.807, 2.05) is 12.1 Å². The third kappa shape index (κ3) is 2.89. The van der Waals surface area contributed by atoms with Crippen LogP contribution in [0.2, 0.25) is 0 Å². The van der Waals surface area contributed by atoms with Crippen molar-refractivity contribution < 1.29 is 9.13 Å². The van der Waals surface area contributed by atoms with Crippen molar-refractivity contribution in [3.63, 3.8) is 0 Å². The van der Waals surface area contributed by atoms with E-state index in [-0.39, 0.29) is 5.82 Å². The Labute approximate surface area is 253 Å². The minimum Gasteiger partial charge on any atom is -0.457 e. The number of rotatable bonds is 1. The maximum absolute atomic E-state index is 14.2. The van der Waals surface area contributed by atoms with Crippen LogP contribution in [0.3, 0.4) is 0 Å². The van der Waals surface area contributed by atoms with Crippen LogP contribution in [-0.4, -0.2) is 4.57 Å². The molecule has 1 aliphatic heterocycles. The van der Waals surface area contributed by atoms with E-state index in [1.54, 1.807) is 0 Å². The molecule has 2 heterocycles. The fraction of sp³-hybridized carbons (Fsp3) is 0.0244. The van der Waals surface area contributed by atoms with Crippen molar-refractivity contribution in [2.75, 3.05) is 0 Å². The number of benzene rings is 7. The van der Waals surface area contributed by atoms with Crippen molar-refractivity contribution in [2.24, 2.45) is 0 Å². The summed E-state index contributed by atoms with van der Waals surface area (Å²) in [5.41, 5.74) is 9.75. The Morgan fingerprint density at radius 2 is 1.16 bits per heavy atom. The fourth-order valence-electron chi connectivity index (χ4n) is 8.00. The summed E-state index contributed by atoms with van der Waals surface area (Å²) in [6.45, 7) is 0. The molecule has 10 rings (SSSR count). The van der Waals surface area contributed by atoms with E-state index >= 15 is 0 Å². The SMILES string of the molecule is Fc1ccc(-n2c3cc4c(cc3c3c5ccccc5ccc32)Oc2ccccc2C42c3ccccc3-c3ccccc32)cc1. The Morgan fingerprint density at radius 3 is 1.93 bits per heavy atom. The molecule has 2 nitrogen and oxygen atoms in total. The third-order valence-electron chi connectivity index (χ3n) is 9.71. The van der Waals surface area contributed by atoms with Gasteiger partial charge in [0.2, 0.25) is 0 Å². The lowest BCUT2D eigenvalue weighted by Crippen LogP contribution is -2.32. The Bertz CT molecular complexity index is 2440. The van der Waals surface area contributed by atoms with E-state index in [0.29, 0.717) is 0 Å². The first-order valence-electron chi connectivity index (χ1n) is 15.0. The molecule has 0 radical (unpaired) electrons. The zero-order valence-electron chi connectivity index (χ0n) is 23.6. The molecule has 0 N–H and O–H groups in total. The molecule has 0 amide bonds. The maximum atomic E-state index is 14.2. The summed E-state index contributed by atoms with van der Waals surface area (Å²) in [4.78, 5) is 0. The minimum absolute atomic E-state index is 0.250. The van der Waals surface area contributed by atoms with Gasteiger partial charge in [-0.3, -0.25) is 0 Å². The summed E-state index contributed by atoms with van der Waals surface area (Å²) in [7, 11) is 0. The monoisotopic (exact) mass is 565 g/mol. The van der Waals surface area contributed by atoms with Gasteiger partial charge in [0.25, 0.3) is 0 Å². The molecule has 1 aromatic heterocycles. The highest BCUT2D eigenvalue weighted by Crippen LogP contribution is 2.62. The summed E-state index contributed by atoms with van der Waals surface area (Å²) in [6.07, 6.45) is 0. The van der Waals surface area contributed by atoms with Crippen LogP contribution in [0.25, 0.3) is 49.4 Å². The zero-order chi connectivity index (χ0) is 29.0. The van der Waals surface area contributed by atoms with E-state index in [9.17, 15) is 4.39 Å². The Kier molecular flexibility index (Phi) is 4.58. The molecule has 1 aliphatic carbocycles. The standard InChI is InChI=1S/C41H24FNO/c42-26-18-20-27(21-19-26)43-36-22-17-25-9-1-2-10-28(25)40(36)31-23-39-35(24-37(31)43)41(34-15-7-8-16-38(34)44-39)32-13-5-3-11-29(32)30-12-4-6-14-33(30)41/h1-24H. The van der Waals surface area contributed by atoms with E-state index in [1.165, 1.54) is 45.2 Å². The van der Waals surface area contributed by atoms with Crippen molar-refractivity contribution in [1.29, 1.82) is 0 Å². The Balaban J connectivity index is 1.42. The third-order valence-corrected chi connectivity index (χ3v) is 9.71.